The van der Waals surface area contributed by atoms with Crippen molar-refractivity contribution in [3.05, 3.63) is 53.1 Å². The Balaban J connectivity index is 0.00000182. The second kappa shape index (κ2) is 7.15. The molecule has 4 rings (SSSR count). The fraction of sp³-hybridized carbons (Fsp3) is 0.353. The molecule has 0 saturated heterocycles. The van der Waals surface area contributed by atoms with Crippen molar-refractivity contribution in [2.75, 3.05) is 0 Å². The van der Waals surface area contributed by atoms with Crippen LogP contribution in [0.25, 0.3) is 11.5 Å². The van der Waals surface area contributed by atoms with E-state index in [0.29, 0.717) is 18.3 Å². The topological polar surface area (TPSA) is 82.8 Å². The number of benzene rings is 1. The average molecular weight is 380 g/mol. The van der Waals surface area contributed by atoms with Crippen LogP contribution >= 0.6 is 24.0 Å². The lowest BCUT2D eigenvalue weighted by Gasteiger charge is -2.17. The van der Waals surface area contributed by atoms with Crippen molar-refractivity contribution >= 4 is 24.0 Å². The highest BCUT2D eigenvalue weighted by Crippen LogP contribution is 2.35. The fourth-order valence-corrected chi connectivity index (χ4v) is 3.33. The van der Waals surface area contributed by atoms with Gasteiger partial charge < -0.3 is 10.3 Å². The van der Waals surface area contributed by atoms with Crippen LogP contribution in [-0.4, -0.2) is 19.9 Å². The maximum Gasteiger partial charge on any atom is 0.261 e. The lowest BCUT2D eigenvalue weighted by molar-refractivity contribution is 0.372. The standard InChI is InChI=1S/C17H18ClN5O.ClH/c18-14-6-2-1-5-12(14)10-23-11-13(9-20-23)15-21-16(22-24-15)17(19)7-3-4-8-17;/h1-2,5-6,9,11H,3-4,7-8,10,19H2;1H. The van der Waals surface area contributed by atoms with E-state index >= 15 is 0 Å². The van der Waals surface area contributed by atoms with Gasteiger partial charge >= 0.3 is 0 Å². The van der Waals surface area contributed by atoms with Gasteiger partial charge in [0.15, 0.2) is 5.82 Å². The van der Waals surface area contributed by atoms with Crippen molar-refractivity contribution in [3.63, 3.8) is 0 Å². The zero-order valence-corrected chi connectivity index (χ0v) is 15.1. The Bertz CT molecular complexity index is 854. The van der Waals surface area contributed by atoms with Crippen molar-refractivity contribution in [1.29, 1.82) is 0 Å². The van der Waals surface area contributed by atoms with Gasteiger partial charge in [0, 0.05) is 11.2 Å². The highest BCUT2D eigenvalue weighted by atomic mass is 35.5. The van der Waals surface area contributed by atoms with Crippen LogP contribution in [0, 0.1) is 0 Å². The minimum absolute atomic E-state index is 0. The molecule has 0 atom stereocenters. The SMILES string of the molecule is Cl.NC1(c2noc(-c3cnn(Cc4ccccc4Cl)c3)n2)CCCC1. The molecule has 1 aromatic carbocycles. The minimum Gasteiger partial charge on any atom is -0.334 e. The summed E-state index contributed by atoms with van der Waals surface area (Å²) in [6, 6.07) is 7.71. The fourth-order valence-electron chi connectivity index (χ4n) is 3.13. The van der Waals surface area contributed by atoms with Crippen molar-refractivity contribution in [2.45, 2.75) is 37.8 Å². The Kier molecular flexibility index (Phi) is 5.13. The van der Waals surface area contributed by atoms with Crippen molar-refractivity contribution in [1.82, 2.24) is 19.9 Å². The number of halogens is 2. The lowest BCUT2D eigenvalue weighted by atomic mass is 9.99. The quantitative estimate of drug-likeness (QED) is 0.745. The maximum absolute atomic E-state index is 6.38. The first-order chi connectivity index (χ1) is 11.6. The van der Waals surface area contributed by atoms with E-state index in [4.69, 9.17) is 21.9 Å². The predicted octanol–water partition coefficient (Wildman–Crippen LogP) is 3.78. The Morgan fingerprint density at radius 1 is 1.24 bits per heavy atom. The molecule has 2 aromatic heterocycles. The molecule has 1 aliphatic carbocycles. The van der Waals surface area contributed by atoms with Gasteiger partial charge in [-0.2, -0.15) is 10.1 Å². The van der Waals surface area contributed by atoms with Gasteiger partial charge in [-0.25, -0.2) is 0 Å². The summed E-state index contributed by atoms with van der Waals surface area (Å²) in [5.74, 6) is 1.04. The van der Waals surface area contributed by atoms with E-state index in [0.717, 1.165) is 41.8 Å². The summed E-state index contributed by atoms with van der Waals surface area (Å²) in [5.41, 5.74) is 7.71. The minimum atomic E-state index is -0.449. The van der Waals surface area contributed by atoms with Crippen LogP contribution in [0.15, 0.2) is 41.2 Å². The zero-order chi connectivity index (χ0) is 16.6. The van der Waals surface area contributed by atoms with Crippen molar-refractivity contribution < 1.29 is 4.52 Å². The molecular formula is C17H19Cl2N5O. The van der Waals surface area contributed by atoms with E-state index in [9.17, 15) is 0 Å². The third-order valence-corrected chi connectivity index (χ3v) is 4.91. The molecule has 6 nitrogen and oxygen atoms in total. The van der Waals surface area contributed by atoms with Crippen LogP contribution in [-0.2, 0) is 12.1 Å². The smallest absolute Gasteiger partial charge is 0.261 e. The van der Waals surface area contributed by atoms with Crippen LogP contribution in [0.3, 0.4) is 0 Å². The molecule has 0 bridgehead atoms. The molecule has 0 radical (unpaired) electrons. The predicted molar refractivity (Wildman–Crippen MR) is 97.7 cm³/mol. The molecule has 0 aliphatic heterocycles. The summed E-state index contributed by atoms with van der Waals surface area (Å²) in [6.07, 6.45) is 7.60. The second-order valence-corrected chi connectivity index (χ2v) is 6.71. The molecule has 1 saturated carbocycles. The number of nitrogens with zero attached hydrogens (tertiary/aromatic N) is 4. The van der Waals surface area contributed by atoms with Gasteiger partial charge in [0.05, 0.1) is 23.8 Å². The third kappa shape index (κ3) is 3.56. The molecule has 132 valence electrons. The van der Waals surface area contributed by atoms with E-state index in [1.807, 2.05) is 30.5 Å². The van der Waals surface area contributed by atoms with Gasteiger partial charge in [-0.15, -0.1) is 12.4 Å². The summed E-state index contributed by atoms with van der Waals surface area (Å²) >= 11 is 6.19. The van der Waals surface area contributed by atoms with E-state index < -0.39 is 5.54 Å². The average Bonchev–Trinajstić information content (AvgIpc) is 3.30. The summed E-state index contributed by atoms with van der Waals surface area (Å²) in [7, 11) is 0. The summed E-state index contributed by atoms with van der Waals surface area (Å²) < 4.78 is 7.19. The first-order valence-corrected chi connectivity index (χ1v) is 8.41. The van der Waals surface area contributed by atoms with E-state index in [1.54, 1.807) is 10.9 Å². The third-order valence-electron chi connectivity index (χ3n) is 4.54. The molecule has 3 aromatic rings. The van der Waals surface area contributed by atoms with Gasteiger partial charge in [0.2, 0.25) is 0 Å². The van der Waals surface area contributed by atoms with Crippen LogP contribution < -0.4 is 5.73 Å². The molecular weight excluding hydrogens is 361 g/mol. The molecule has 0 unspecified atom stereocenters. The first kappa shape index (κ1) is 17.9. The Morgan fingerprint density at radius 2 is 2.00 bits per heavy atom. The van der Waals surface area contributed by atoms with Crippen LogP contribution in [0.4, 0.5) is 0 Å². The highest BCUT2D eigenvalue weighted by Gasteiger charge is 2.36. The zero-order valence-electron chi connectivity index (χ0n) is 13.6. The molecule has 1 fully saturated rings. The lowest BCUT2D eigenvalue weighted by Crippen LogP contribution is -2.34. The number of hydrogen-bond donors (Lipinski definition) is 1. The van der Waals surface area contributed by atoms with Crippen LogP contribution in [0.5, 0.6) is 0 Å². The van der Waals surface area contributed by atoms with Crippen molar-refractivity contribution in [3.8, 4) is 11.5 Å². The molecule has 0 spiro atoms. The first-order valence-electron chi connectivity index (χ1n) is 8.03. The molecule has 1 aliphatic rings. The summed E-state index contributed by atoms with van der Waals surface area (Å²) in [4.78, 5) is 4.49. The normalized spacial score (nSPS) is 15.9. The molecule has 0 amide bonds. The Hall–Kier alpha value is -1.89. The number of aromatic nitrogens is 4. The monoisotopic (exact) mass is 379 g/mol. The number of rotatable bonds is 4. The Labute approximate surface area is 156 Å². The summed E-state index contributed by atoms with van der Waals surface area (Å²) in [6.45, 7) is 0.585. The number of hydrogen-bond acceptors (Lipinski definition) is 5. The van der Waals surface area contributed by atoms with E-state index in [2.05, 4.69) is 15.2 Å². The molecule has 8 heteroatoms. The highest BCUT2D eigenvalue weighted by molar-refractivity contribution is 6.31. The van der Waals surface area contributed by atoms with Gasteiger partial charge in [-0.05, 0) is 24.5 Å². The van der Waals surface area contributed by atoms with Gasteiger partial charge in [-0.1, -0.05) is 47.8 Å². The van der Waals surface area contributed by atoms with Crippen molar-refractivity contribution in [2.24, 2.45) is 5.73 Å². The largest absolute Gasteiger partial charge is 0.334 e. The molecule has 25 heavy (non-hydrogen) atoms. The van der Waals surface area contributed by atoms with Crippen LogP contribution in [0.2, 0.25) is 5.02 Å². The van der Waals surface area contributed by atoms with E-state index in [-0.39, 0.29) is 12.4 Å². The molecule has 2 heterocycles. The number of nitrogens with two attached hydrogens (primary N) is 1. The second-order valence-electron chi connectivity index (χ2n) is 6.30. The van der Waals surface area contributed by atoms with Crippen LogP contribution in [0.1, 0.15) is 37.1 Å². The van der Waals surface area contributed by atoms with Gasteiger partial charge in [-0.3, -0.25) is 4.68 Å². The summed E-state index contributed by atoms with van der Waals surface area (Å²) in [5, 5.41) is 9.16. The van der Waals surface area contributed by atoms with E-state index in [1.165, 1.54) is 0 Å². The van der Waals surface area contributed by atoms with Gasteiger partial charge in [0.25, 0.3) is 5.89 Å². The maximum atomic E-state index is 6.38. The van der Waals surface area contributed by atoms with Gasteiger partial charge in [0.1, 0.15) is 0 Å². The Morgan fingerprint density at radius 3 is 2.76 bits per heavy atom. The molecule has 2 N–H and O–H groups in total.